The molecule has 2 amide bonds. The number of rotatable bonds is 12. The molecule has 0 unspecified atom stereocenters. The van der Waals surface area contributed by atoms with Crippen LogP contribution in [-0.4, -0.2) is 52.5 Å². The van der Waals surface area contributed by atoms with Crippen LogP contribution in [0.5, 0.6) is 17.2 Å². The van der Waals surface area contributed by atoms with Crippen LogP contribution < -0.4 is 15.4 Å². The van der Waals surface area contributed by atoms with Crippen molar-refractivity contribution < 1.29 is 34.3 Å². The van der Waals surface area contributed by atoms with Crippen LogP contribution in [0.15, 0.2) is 127 Å². The molecule has 5 N–H and O–H groups in total. The zero-order valence-electron chi connectivity index (χ0n) is 27.7. The molecule has 1 heterocycles. The molecular weight excluding hydrogens is 634 g/mol. The fraction of sp³-hybridized carbons (Fsp3) is 0.225. The van der Waals surface area contributed by atoms with Gasteiger partial charge in [-0.1, -0.05) is 66.7 Å². The summed E-state index contributed by atoms with van der Waals surface area (Å²) < 4.78 is 18.7. The lowest BCUT2D eigenvalue weighted by Gasteiger charge is -2.38. The Labute approximate surface area is 291 Å². The molecule has 6 rings (SSSR count). The molecule has 258 valence electrons. The number of aromatic hydroxyl groups is 1. The number of benzene rings is 5. The van der Waals surface area contributed by atoms with Crippen LogP contribution in [-0.2, 0) is 16.1 Å². The summed E-state index contributed by atoms with van der Waals surface area (Å²) in [5.41, 5.74) is 4.42. The van der Waals surface area contributed by atoms with Gasteiger partial charge in [0.15, 0.2) is 6.29 Å². The number of phenolic OH excluding ortho intramolecular Hbond substituents is 1. The average molecular weight is 676 g/mol. The van der Waals surface area contributed by atoms with Crippen LogP contribution in [0, 0.1) is 0 Å². The van der Waals surface area contributed by atoms with Crippen LogP contribution in [0.2, 0.25) is 0 Å². The van der Waals surface area contributed by atoms with E-state index in [0.29, 0.717) is 42.2 Å². The molecule has 4 atom stereocenters. The number of hydrogen-bond acceptors (Lipinski definition) is 8. The number of carbonyl (C=O) groups is 1. The van der Waals surface area contributed by atoms with Crippen molar-refractivity contribution in [3.05, 3.63) is 150 Å². The Bertz CT molecular complexity index is 1820. The van der Waals surface area contributed by atoms with E-state index >= 15 is 0 Å². The molecule has 0 aliphatic carbocycles. The predicted molar refractivity (Wildman–Crippen MR) is 191 cm³/mol. The van der Waals surface area contributed by atoms with Crippen molar-refractivity contribution in [2.24, 2.45) is 0 Å². The standard InChI is InChI=1S/C40H41N3O7/c1-43(25-37(46)30-6-5-7-33(45)22-30)24-36-23-38(28-12-10-27(26-44)11-13-28)50-39(49-36)29-14-16-31(17-15-29)41-40(47)42-32-18-20-35(21-19-32)48-34-8-3-2-4-9-34/h2-22,36-39,44-46H,23-26H2,1H3,(H2,41,42,47)/t36-,37+,38+,39+/m0/s1. The van der Waals surface area contributed by atoms with Gasteiger partial charge in [0.2, 0.25) is 0 Å². The molecule has 1 aliphatic rings. The molecule has 50 heavy (non-hydrogen) atoms. The first-order chi connectivity index (χ1) is 24.3. The molecule has 0 bridgehead atoms. The van der Waals surface area contributed by atoms with Gasteiger partial charge in [0.1, 0.15) is 17.2 Å². The van der Waals surface area contributed by atoms with E-state index in [4.69, 9.17) is 14.2 Å². The summed E-state index contributed by atoms with van der Waals surface area (Å²) in [7, 11) is 1.92. The van der Waals surface area contributed by atoms with Gasteiger partial charge < -0.3 is 45.1 Å². The van der Waals surface area contributed by atoms with Crippen molar-refractivity contribution in [2.45, 2.75) is 37.6 Å². The molecule has 1 aliphatic heterocycles. The van der Waals surface area contributed by atoms with E-state index in [1.165, 1.54) is 0 Å². The molecule has 0 spiro atoms. The van der Waals surface area contributed by atoms with Gasteiger partial charge >= 0.3 is 6.03 Å². The SMILES string of the molecule is CN(C[C@@H]1C[C@H](c2ccc(CO)cc2)O[C@H](c2ccc(NC(=O)Nc3ccc(Oc4ccccc4)cc3)cc2)O1)C[C@@H](O)c1cccc(O)c1. The molecule has 0 radical (unpaired) electrons. The summed E-state index contributed by atoms with van der Waals surface area (Å²) in [5, 5.41) is 35.9. The average Bonchev–Trinajstić information content (AvgIpc) is 3.13. The number of amides is 2. The number of nitrogens with zero attached hydrogens (tertiary/aromatic N) is 1. The molecule has 0 saturated carbocycles. The second-order valence-corrected chi connectivity index (χ2v) is 12.3. The number of nitrogens with one attached hydrogen (secondary N) is 2. The second-order valence-electron chi connectivity index (χ2n) is 12.3. The molecule has 5 aromatic carbocycles. The molecule has 0 aromatic heterocycles. The van der Waals surface area contributed by atoms with Gasteiger partial charge in [-0.15, -0.1) is 0 Å². The number of para-hydroxylation sites is 1. The van der Waals surface area contributed by atoms with Crippen molar-refractivity contribution in [2.75, 3.05) is 30.8 Å². The smallest absolute Gasteiger partial charge is 0.323 e. The van der Waals surface area contributed by atoms with E-state index in [1.54, 1.807) is 60.7 Å². The van der Waals surface area contributed by atoms with Gasteiger partial charge in [-0.3, -0.25) is 0 Å². The van der Waals surface area contributed by atoms with Gasteiger partial charge in [0, 0.05) is 36.4 Å². The lowest BCUT2D eigenvalue weighted by Crippen LogP contribution is -2.39. The first-order valence-electron chi connectivity index (χ1n) is 16.5. The summed E-state index contributed by atoms with van der Waals surface area (Å²) >= 11 is 0. The van der Waals surface area contributed by atoms with Gasteiger partial charge in [0.05, 0.1) is 24.9 Å². The van der Waals surface area contributed by atoms with E-state index in [-0.39, 0.29) is 30.6 Å². The van der Waals surface area contributed by atoms with Crippen LogP contribution in [0.25, 0.3) is 0 Å². The van der Waals surface area contributed by atoms with Gasteiger partial charge in [-0.2, -0.15) is 0 Å². The minimum Gasteiger partial charge on any atom is -0.508 e. The highest BCUT2D eigenvalue weighted by atomic mass is 16.7. The van der Waals surface area contributed by atoms with Gasteiger partial charge in [0.25, 0.3) is 0 Å². The Morgan fingerprint density at radius 2 is 1.46 bits per heavy atom. The molecule has 1 fully saturated rings. The largest absolute Gasteiger partial charge is 0.508 e. The van der Waals surface area contributed by atoms with E-state index in [2.05, 4.69) is 10.6 Å². The van der Waals surface area contributed by atoms with Gasteiger partial charge in [-0.25, -0.2) is 4.79 Å². The molecule has 5 aromatic rings. The third-order valence-electron chi connectivity index (χ3n) is 8.40. The Morgan fingerprint density at radius 1 is 0.820 bits per heavy atom. The number of hydrogen-bond donors (Lipinski definition) is 5. The Morgan fingerprint density at radius 3 is 2.12 bits per heavy atom. The first kappa shape index (κ1) is 34.6. The lowest BCUT2D eigenvalue weighted by molar-refractivity contribution is -0.252. The summed E-state index contributed by atoms with van der Waals surface area (Å²) in [6.07, 6.45) is -1.38. The van der Waals surface area contributed by atoms with Crippen molar-refractivity contribution in [3.8, 4) is 17.2 Å². The highest BCUT2D eigenvalue weighted by Crippen LogP contribution is 2.38. The quantitative estimate of drug-likeness (QED) is 0.0917. The van der Waals surface area contributed by atoms with Crippen LogP contribution in [0.4, 0.5) is 16.2 Å². The maximum atomic E-state index is 12.8. The van der Waals surface area contributed by atoms with Crippen molar-refractivity contribution >= 4 is 17.4 Å². The Hall–Kier alpha value is -5.23. The molecular formula is C40H41N3O7. The van der Waals surface area contributed by atoms with Crippen LogP contribution in [0.3, 0.4) is 0 Å². The zero-order valence-corrected chi connectivity index (χ0v) is 27.7. The number of phenols is 1. The third kappa shape index (κ3) is 9.47. The fourth-order valence-corrected chi connectivity index (χ4v) is 5.84. The van der Waals surface area contributed by atoms with Crippen LogP contribution in [0.1, 0.15) is 47.2 Å². The number of likely N-dealkylation sites (N-methyl/N-ethyl adjacent to an activating group) is 1. The van der Waals surface area contributed by atoms with E-state index < -0.39 is 12.4 Å². The summed E-state index contributed by atoms with van der Waals surface area (Å²) in [4.78, 5) is 14.8. The normalized spacial score (nSPS) is 18.0. The minimum absolute atomic E-state index is 0.0408. The molecule has 1 saturated heterocycles. The minimum atomic E-state index is -0.783. The molecule has 10 heteroatoms. The summed E-state index contributed by atoms with van der Waals surface area (Å²) in [6.45, 7) is 0.833. The topological polar surface area (TPSA) is 133 Å². The monoisotopic (exact) mass is 675 g/mol. The number of carbonyl (C=O) groups excluding carboxylic acids is 1. The maximum absolute atomic E-state index is 12.8. The summed E-state index contributed by atoms with van der Waals surface area (Å²) in [6, 6.07) is 37.8. The summed E-state index contributed by atoms with van der Waals surface area (Å²) in [5.74, 6) is 1.50. The number of anilines is 2. The maximum Gasteiger partial charge on any atom is 0.323 e. The Balaban J connectivity index is 1.08. The third-order valence-corrected chi connectivity index (χ3v) is 8.40. The number of urea groups is 1. The van der Waals surface area contributed by atoms with Crippen molar-refractivity contribution in [1.29, 1.82) is 0 Å². The van der Waals surface area contributed by atoms with Crippen molar-refractivity contribution in [1.82, 2.24) is 4.90 Å². The van der Waals surface area contributed by atoms with E-state index in [1.807, 2.05) is 78.7 Å². The lowest BCUT2D eigenvalue weighted by atomic mass is 9.99. The number of aliphatic hydroxyl groups is 2. The van der Waals surface area contributed by atoms with E-state index in [0.717, 1.165) is 22.4 Å². The zero-order chi connectivity index (χ0) is 34.9. The van der Waals surface area contributed by atoms with E-state index in [9.17, 15) is 20.1 Å². The number of aliphatic hydroxyl groups excluding tert-OH is 2. The van der Waals surface area contributed by atoms with Crippen LogP contribution >= 0.6 is 0 Å². The number of ether oxygens (including phenoxy) is 3. The molecule has 10 nitrogen and oxygen atoms in total. The predicted octanol–water partition coefficient (Wildman–Crippen LogP) is 7.53. The van der Waals surface area contributed by atoms with Crippen molar-refractivity contribution in [3.63, 3.8) is 0 Å². The van der Waals surface area contributed by atoms with Gasteiger partial charge in [-0.05, 0) is 84.4 Å². The Kier molecular flexibility index (Phi) is 11.4. The second kappa shape index (κ2) is 16.4. The highest BCUT2D eigenvalue weighted by molar-refractivity contribution is 5.99. The fourth-order valence-electron chi connectivity index (χ4n) is 5.84. The highest BCUT2D eigenvalue weighted by Gasteiger charge is 2.33. The first-order valence-corrected chi connectivity index (χ1v) is 16.5.